The zero-order valence-corrected chi connectivity index (χ0v) is 15.7. The van der Waals surface area contributed by atoms with Gasteiger partial charge in [0.25, 0.3) is 0 Å². The molecule has 0 spiro atoms. The van der Waals surface area contributed by atoms with E-state index >= 15 is 0 Å². The number of amides is 1. The molecule has 3 aromatic rings. The van der Waals surface area contributed by atoms with E-state index in [0.29, 0.717) is 11.6 Å². The molecule has 2 aromatic carbocycles. The Morgan fingerprint density at radius 2 is 1.80 bits per heavy atom. The molecule has 0 aliphatic carbocycles. The molecule has 25 heavy (non-hydrogen) atoms. The average molecular weight is 371 g/mol. The summed E-state index contributed by atoms with van der Waals surface area (Å²) in [4.78, 5) is 18.1. The van der Waals surface area contributed by atoms with Gasteiger partial charge < -0.3 is 5.32 Å². The van der Waals surface area contributed by atoms with Gasteiger partial charge in [0.05, 0.1) is 5.41 Å². The van der Waals surface area contributed by atoms with Gasteiger partial charge in [-0.1, -0.05) is 60.1 Å². The van der Waals surface area contributed by atoms with E-state index in [2.05, 4.69) is 10.3 Å². The summed E-state index contributed by atoms with van der Waals surface area (Å²) in [6.45, 7) is 3.83. The van der Waals surface area contributed by atoms with Gasteiger partial charge >= 0.3 is 0 Å². The Morgan fingerprint density at radius 3 is 2.52 bits per heavy atom. The lowest BCUT2D eigenvalue weighted by Crippen LogP contribution is -2.34. The number of halogens is 1. The van der Waals surface area contributed by atoms with Gasteiger partial charge in [-0.3, -0.25) is 4.79 Å². The van der Waals surface area contributed by atoms with Crippen molar-refractivity contribution in [3.05, 3.63) is 81.8 Å². The van der Waals surface area contributed by atoms with Gasteiger partial charge in [-0.25, -0.2) is 4.98 Å². The van der Waals surface area contributed by atoms with E-state index in [1.807, 2.05) is 68.4 Å². The van der Waals surface area contributed by atoms with E-state index in [-0.39, 0.29) is 5.91 Å². The lowest BCUT2D eigenvalue weighted by molar-refractivity contribution is -0.120. The first-order valence-corrected chi connectivity index (χ1v) is 9.21. The Labute approximate surface area is 156 Å². The normalized spacial score (nSPS) is 11.3. The largest absolute Gasteiger partial charge is 0.301 e. The van der Waals surface area contributed by atoms with E-state index in [1.165, 1.54) is 11.3 Å². The topological polar surface area (TPSA) is 42.0 Å². The SMILES string of the molecule is CC(C)(C(=O)Nc1ncc(Cc2ccccc2Cl)s1)c1ccccc1. The quantitative estimate of drug-likeness (QED) is 0.661. The van der Waals surface area contributed by atoms with Crippen LogP contribution in [0.5, 0.6) is 0 Å². The average Bonchev–Trinajstić information content (AvgIpc) is 3.04. The number of carbonyl (C=O) groups excluding carboxylic acids is 1. The summed E-state index contributed by atoms with van der Waals surface area (Å²) in [5, 5.41) is 4.29. The van der Waals surface area contributed by atoms with Crippen molar-refractivity contribution in [3.63, 3.8) is 0 Å². The number of nitrogens with zero attached hydrogens (tertiary/aromatic N) is 1. The molecular formula is C20H19ClN2OS. The van der Waals surface area contributed by atoms with Crippen LogP contribution >= 0.6 is 22.9 Å². The van der Waals surface area contributed by atoms with Crippen LogP contribution in [-0.2, 0) is 16.6 Å². The van der Waals surface area contributed by atoms with Crippen LogP contribution in [0.2, 0.25) is 5.02 Å². The number of benzene rings is 2. The van der Waals surface area contributed by atoms with Gasteiger partial charge in [-0.2, -0.15) is 0 Å². The fourth-order valence-corrected chi connectivity index (χ4v) is 3.55. The summed E-state index contributed by atoms with van der Waals surface area (Å²) in [7, 11) is 0. The molecule has 1 aromatic heterocycles. The monoisotopic (exact) mass is 370 g/mol. The highest BCUT2D eigenvalue weighted by Crippen LogP contribution is 2.28. The molecule has 3 nitrogen and oxygen atoms in total. The van der Waals surface area contributed by atoms with E-state index in [0.717, 1.165) is 21.0 Å². The maximum atomic E-state index is 12.7. The minimum atomic E-state index is -0.629. The second kappa shape index (κ2) is 7.38. The van der Waals surface area contributed by atoms with Crippen molar-refractivity contribution >= 4 is 34.0 Å². The van der Waals surface area contributed by atoms with Crippen molar-refractivity contribution < 1.29 is 4.79 Å². The van der Waals surface area contributed by atoms with Crippen LogP contribution in [0, 0.1) is 0 Å². The van der Waals surface area contributed by atoms with Crippen LogP contribution in [0.4, 0.5) is 5.13 Å². The number of nitrogens with one attached hydrogen (secondary N) is 1. The lowest BCUT2D eigenvalue weighted by Gasteiger charge is -2.23. The van der Waals surface area contributed by atoms with Gasteiger partial charge in [-0.15, -0.1) is 11.3 Å². The fourth-order valence-electron chi connectivity index (χ4n) is 2.52. The molecule has 0 atom stereocenters. The molecule has 5 heteroatoms. The van der Waals surface area contributed by atoms with Crippen LogP contribution < -0.4 is 5.32 Å². The predicted octanol–water partition coefficient (Wildman–Crippen LogP) is 5.30. The van der Waals surface area contributed by atoms with Crippen molar-refractivity contribution in [2.24, 2.45) is 0 Å². The van der Waals surface area contributed by atoms with Crippen LogP contribution in [0.1, 0.15) is 29.9 Å². The van der Waals surface area contributed by atoms with Crippen molar-refractivity contribution in [2.45, 2.75) is 25.7 Å². The Morgan fingerprint density at radius 1 is 1.12 bits per heavy atom. The lowest BCUT2D eigenvalue weighted by atomic mass is 9.84. The molecule has 128 valence electrons. The molecule has 1 heterocycles. The third kappa shape index (κ3) is 4.09. The summed E-state index contributed by atoms with van der Waals surface area (Å²) in [5.41, 5.74) is 1.39. The third-order valence-electron chi connectivity index (χ3n) is 4.16. The van der Waals surface area contributed by atoms with Crippen LogP contribution in [0.25, 0.3) is 0 Å². The number of thiazole rings is 1. The molecule has 0 aliphatic heterocycles. The highest BCUT2D eigenvalue weighted by molar-refractivity contribution is 7.15. The van der Waals surface area contributed by atoms with E-state index in [4.69, 9.17) is 11.6 Å². The molecular weight excluding hydrogens is 352 g/mol. The van der Waals surface area contributed by atoms with Crippen LogP contribution in [0.15, 0.2) is 60.8 Å². The molecule has 0 saturated carbocycles. The fraction of sp³-hybridized carbons (Fsp3) is 0.200. The molecule has 0 saturated heterocycles. The second-order valence-corrected chi connectivity index (χ2v) is 7.87. The Balaban J connectivity index is 1.71. The van der Waals surface area contributed by atoms with Gasteiger partial charge in [-0.05, 0) is 31.0 Å². The second-order valence-electron chi connectivity index (χ2n) is 6.35. The van der Waals surface area contributed by atoms with Crippen molar-refractivity contribution in [1.82, 2.24) is 4.98 Å². The van der Waals surface area contributed by atoms with Gasteiger partial charge in [0, 0.05) is 22.5 Å². The zero-order valence-electron chi connectivity index (χ0n) is 14.1. The molecule has 0 fully saturated rings. The van der Waals surface area contributed by atoms with E-state index in [1.54, 1.807) is 6.20 Å². The van der Waals surface area contributed by atoms with Gasteiger partial charge in [0.2, 0.25) is 5.91 Å². The first-order valence-electron chi connectivity index (χ1n) is 8.02. The van der Waals surface area contributed by atoms with Gasteiger partial charge in [0.15, 0.2) is 5.13 Å². The molecule has 1 amide bonds. The highest BCUT2D eigenvalue weighted by Gasteiger charge is 2.30. The smallest absolute Gasteiger partial charge is 0.236 e. The number of hydrogen-bond donors (Lipinski definition) is 1. The molecule has 0 unspecified atom stereocenters. The predicted molar refractivity (Wildman–Crippen MR) is 104 cm³/mol. The van der Waals surface area contributed by atoms with E-state index < -0.39 is 5.41 Å². The van der Waals surface area contributed by atoms with E-state index in [9.17, 15) is 4.79 Å². The number of aromatic nitrogens is 1. The van der Waals surface area contributed by atoms with Crippen molar-refractivity contribution in [2.75, 3.05) is 5.32 Å². The minimum Gasteiger partial charge on any atom is -0.301 e. The minimum absolute atomic E-state index is 0.0719. The highest BCUT2D eigenvalue weighted by atomic mass is 35.5. The summed E-state index contributed by atoms with van der Waals surface area (Å²) >= 11 is 7.68. The standard InChI is InChI=1S/C20H19ClN2OS/c1-20(2,15-9-4-3-5-10-15)18(24)23-19-22-13-16(25-19)12-14-8-6-7-11-17(14)21/h3-11,13H,12H2,1-2H3,(H,22,23,24). The number of carbonyl (C=O) groups is 1. The van der Waals surface area contributed by atoms with Crippen LogP contribution in [-0.4, -0.2) is 10.9 Å². The Hall–Kier alpha value is -2.17. The summed E-state index contributed by atoms with van der Waals surface area (Å²) in [5.74, 6) is -0.0719. The number of anilines is 1. The molecule has 0 radical (unpaired) electrons. The maximum absolute atomic E-state index is 12.7. The third-order valence-corrected chi connectivity index (χ3v) is 5.44. The Kier molecular flexibility index (Phi) is 5.21. The number of hydrogen-bond acceptors (Lipinski definition) is 3. The summed E-state index contributed by atoms with van der Waals surface area (Å²) in [6.07, 6.45) is 2.49. The molecule has 1 N–H and O–H groups in total. The van der Waals surface area contributed by atoms with Crippen molar-refractivity contribution in [3.8, 4) is 0 Å². The zero-order chi connectivity index (χ0) is 17.9. The Bertz CT molecular complexity index is 874. The number of rotatable bonds is 5. The van der Waals surface area contributed by atoms with Crippen molar-refractivity contribution in [1.29, 1.82) is 0 Å². The first-order chi connectivity index (χ1) is 12.0. The van der Waals surface area contributed by atoms with Crippen LogP contribution in [0.3, 0.4) is 0 Å². The van der Waals surface area contributed by atoms with Gasteiger partial charge in [0.1, 0.15) is 0 Å². The maximum Gasteiger partial charge on any atom is 0.236 e. The molecule has 0 bridgehead atoms. The molecule has 0 aliphatic rings. The first kappa shape index (κ1) is 17.6. The summed E-state index contributed by atoms with van der Waals surface area (Å²) < 4.78 is 0. The molecule has 3 rings (SSSR count). The summed E-state index contributed by atoms with van der Waals surface area (Å²) in [6, 6.07) is 17.5.